The summed E-state index contributed by atoms with van der Waals surface area (Å²) < 4.78 is 48.9. The highest BCUT2D eigenvalue weighted by molar-refractivity contribution is 5.94. The zero-order chi connectivity index (χ0) is 19.7. The van der Waals surface area contributed by atoms with Gasteiger partial charge in [0.25, 0.3) is 5.91 Å². The fourth-order valence-electron chi connectivity index (χ4n) is 2.78. The first-order chi connectivity index (χ1) is 12.7. The van der Waals surface area contributed by atoms with Crippen LogP contribution in [0.15, 0.2) is 42.5 Å². The Morgan fingerprint density at radius 1 is 0.963 bits per heavy atom. The van der Waals surface area contributed by atoms with Gasteiger partial charge in [0, 0.05) is 17.5 Å². The molecule has 0 fully saturated rings. The van der Waals surface area contributed by atoms with Crippen molar-refractivity contribution in [3.05, 3.63) is 59.2 Å². The van der Waals surface area contributed by atoms with Crippen LogP contribution in [-0.4, -0.2) is 25.7 Å². The molecule has 0 bridgehead atoms. The summed E-state index contributed by atoms with van der Waals surface area (Å²) in [4.78, 5) is 12.3. The topological polar surface area (TPSA) is 47.6 Å². The molecule has 0 saturated carbocycles. The Hall–Kier alpha value is -2.70. The molecule has 1 amide bonds. The first kappa shape index (κ1) is 19.1. The predicted molar refractivity (Wildman–Crippen MR) is 94.2 cm³/mol. The number of benzene rings is 2. The van der Waals surface area contributed by atoms with Crippen molar-refractivity contribution in [2.45, 2.75) is 25.4 Å². The fraction of sp³-hybridized carbons (Fsp3) is 0.350. The number of ether oxygens (including phenoxy) is 2. The van der Waals surface area contributed by atoms with Crippen molar-refractivity contribution in [2.75, 3.05) is 19.8 Å². The normalized spacial score (nSPS) is 14.0. The third-order valence-electron chi connectivity index (χ3n) is 4.49. The zero-order valence-corrected chi connectivity index (χ0v) is 15.0. The largest absolute Gasteiger partial charge is 0.486 e. The summed E-state index contributed by atoms with van der Waals surface area (Å²) in [6.07, 6.45) is -4.42. The van der Waals surface area contributed by atoms with Gasteiger partial charge >= 0.3 is 6.18 Å². The molecule has 2 aromatic rings. The summed E-state index contributed by atoms with van der Waals surface area (Å²) in [5.74, 6) is 0.935. The molecule has 144 valence electrons. The number of alkyl halides is 3. The van der Waals surface area contributed by atoms with Gasteiger partial charge in [0.15, 0.2) is 11.5 Å². The lowest BCUT2D eigenvalue weighted by molar-refractivity contribution is -0.137. The SMILES string of the molecule is CC(C)(CNC(=O)c1ccc(C(F)(F)F)cc1)c1ccc2c(c1)OCCO2. The molecule has 0 aliphatic carbocycles. The van der Waals surface area contributed by atoms with E-state index in [1.165, 1.54) is 12.1 Å². The van der Waals surface area contributed by atoms with Gasteiger partial charge in [-0.3, -0.25) is 4.79 Å². The lowest BCUT2D eigenvalue weighted by Crippen LogP contribution is -2.36. The number of halogens is 3. The standard InChI is InChI=1S/C20H20F3NO3/c1-19(2,15-7-8-16-17(11-15)27-10-9-26-16)12-24-18(25)13-3-5-14(6-4-13)20(21,22)23/h3-8,11H,9-10,12H2,1-2H3,(H,24,25). The minimum Gasteiger partial charge on any atom is -0.486 e. The highest BCUT2D eigenvalue weighted by Gasteiger charge is 2.30. The molecule has 0 radical (unpaired) electrons. The van der Waals surface area contributed by atoms with Crippen LogP contribution in [0.3, 0.4) is 0 Å². The van der Waals surface area contributed by atoms with E-state index >= 15 is 0 Å². The fourth-order valence-corrected chi connectivity index (χ4v) is 2.78. The van der Waals surface area contributed by atoms with Crippen LogP contribution in [0.25, 0.3) is 0 Å². The van der Waals surface area contributed by atoms with Crippen molar-refractivity contribution < 1.29 is 27.4 Å². The first-order valence-corrected chi connectivity index (χ1v) is 8.52. The summed E-state index contributed by atoms with van der Waals surface area (Å²) in [6.45, 7) is 5.24. The van der Waals surface area contributed by atoms with Gasteiger partial charge in [-0.1, -0.05) is 19.9 Å². The van der Waals surface area contributed by atoms with Gasteiger partial charge in [-0.25, -0.2) is 0 Å². The first-order valence-electron chi connectivity index (χ1n) is 8.52. The Labute approximate surface area is 155 Å². The van der Waals surface area contributed by atoms with E-state index in [4.69, 9.17) is 9.47 Å². The zero-order valence-electron chi connectivity index (χ0n) is 15.0. The molecule has 3 rings (SSSR count). The van der Waals surface area contributed by atoms with Crippen LogP contribution in [0, 0.1) is 0 Å². The number of fused-ring (bicyclic) bond motifs is 1. The third-order valence-corrected chi connectivity index (χ3v) is 4.49. The molecule has 27 heavy (non-hydrogen) atoms. The van der Waals surface area contributed by atoms with E-state index < -0.39 is 23.1 Å². The van der Waals surface area contributed by atoms with E-state index in [2.05, 4.69) is 5.32 Å². The van der Waals surface area contributed by atoms with E-state index in [1.54, 1.807) is 0 Å². The van der Waals surface area contributed by atoms with Crippen LogP contribution in [0.4, 0.5) is 13.2 Å². The van der Waals surface area contributed by atoms with Crippen LogP contribution < -0.4 is 14.8 Å². The van der Waals surface area contributed by atoms with Crippen molar-refractivity contribution in [1.82, 2.24) is 5.32 Å². The minimum atomic E-state index is -4.42. The molecule has 0 aromatic heterocycles. The summed E-state index contributed by atoms with van der Waals surface area (Å²) in [5, 5.41) is 2.78. The van der Waals surface area contributed by atoms with E-state index in [-0.39, 0.29) is 5.56 Å². The highest BCUT2D eigenvalue weighted by atomic mass is 19.4. The van der Waals surface area contributed by atoms with Crippen LogP contribution >= 0.6 is 0 Å². The molecule has 0 unspecified atom stereocenters. The minimum absolute atomic E-state index is 0.181. The van der Waals surface area contributed by atoms with E-state index in [9.17, 15) is 18.0 Å². The Balaban J connectivity index is 1.67. The van der Waals surface area contributed by atoms with E-state index in [0.29, 0.717) is 31.3 Å². The second-order valence-corrected chi connectivity index (χ2v) is 7.00. The smallest absolute Gasteiger partial charge is 0.416 e. The number of carbonyl (C=O) groups is 1. The Bertz CT molecular complexity index is 829. The molecule has 0 atom stereocenters. The number of amides is 1. The third kappa shape index (κ3) is 4.35. The molecule has 1 aliphatic heterocycles. The number of hydrogen-bond donors (Lipinski definition) is 1. The molecule has 0 saturated heterocycles. The second kappa shape index (κ2) is 7.13. The average Bonchev–Trinajstić information content (AvgIpc) is 2.65. The van der Waals surface area contributed by atoms with Crippen molar-refractivity contribution in [3.63, 3.8) is 0 Å². The number of rotatable bonds is 4. The highest BCUT2D eigenvalue weighted by Crippen LogP contribution is 2.35. The van der Waals surface area contributed by atoms with Crippen LogP contribution in [0.1, 0.15) is 35.3 Å². The van der Waals surface area contributed by atoms with Crippen LogP contribution in [-0.2, 0) is 11.6 Å². The van der Waals surface area contributed by atoms with Crippen molar-refractivity contribution in [1.29, 1.82) is 0 Å². The van der Waals surface area contributed by atoms with Gasteiger partial charge in [0.05, 0.1) is 5.56 Å². The van der Waals surface area contributed by atoms with Gasteiger partial charge in [-0.05, 0) is 42.0 Å². The average molecular weight is 379 g/mol. The van der Waals surface area contributed by atoms with Crippen LogP contribution in [0.5, 0.6) is 11.5 Å². The van der Waals surface area contributed by atoms with Gasteiger partial charge in [0.2, 0.25) is 0 Å². The summed E-state index contributed by atoms with van der Waals surface area (Å²) in [7, 11) is 0. The van der Waals surface area contributed by atoms with Gasteiger partial charge in [-0.2, -0.15) is 13.2 Å². The van der Waals surface area contributed by atoms with Gasteiger partial charge in [-0.15, -0.1) is 0 Å². The van der Waals surface area contributed by atoms with Crippen molar-refractivity contribution >= 4 is 5.91 Å². The maximum Gasteiger partial charge on any atom is 0.416 e. The van der Waals surface area contributed by atoms with E-state index in [0.717, 1.165) is 17.7 Å². The summed E-state index contributed by atoms with van der Waals surface area (Å²) in [5.41, 5.74) is -0.0478. The monoisotopic (exact) mass is 379 g/mol. The maximum atomic E-state index is 12.6. The van der Waals surface area contributed by atoms with Crippen molar-refractivity contribution in [2.24, 2.45) is 0 Å². The predicted octanol–water partition coefficient (Wildman–Crippen LogP) is 4.18. The maximum absolute atomic E-state index is 12.6. The Morgan fingerprint density at radius 3 is 2.19 bits per heavy atom. The number of nitrogens with one attached hydrogen (secondary N) is 1. The van der Waals surface area contributed by atoms with Gasteiger partial charge in [0.1, 0.15) is 13.2 Å². The van der Waals surface area contributed by atoms with Gasteiger partial charge < -0.3 is 14.8 Å². The summed E-state index contributed by atoms with van der Waals surface area (Å²) >= 11 is 0. The lowest BCUT2D eigenvalue weighted by atomic mass is 9.84. The molecular weight excluding hydrogens is 359 g/mol. The molecule has 2 aromatic carbocycles. The molecule has 7 heteroatoms. The number of carbonyl (C=O) groups excluding carboxylic acids is 1. The molecule has 0 spiro atoms. The molecule has 1 N–H and O–H groups in total. The Morgan fingerprint density at radius 2 is 1.56 bits per heavy atom. The Kier molecular flexibility index (Phi) is 5.04. The molecule has 4 nitrogen and oxygen atoms in total. The summed E-state index contributed by atoms with van der Waals surface area (Å²) in [6, 6.07) is 9.80. The number of hydrogen-bond acceptors (Lipinski definition) is 3. The molecular formula is C20H20F3NO3. The molecule has 1 aliphatic rings. The van der Waals surface area contributed by atoms with E-state index in [1.807, 2.05) is 32.0 Å². The second-order valence-electron chi connectivity index (χ2n) is 7.00. The van der Waals surface area contributed by atoms with Crippen molar-refractivity contribution in [3.8, 4) is 11.5 Å². The van der Waals surface area contributed by atoms with Crippen LogP contribution in [0.2, 0.25) is 0 Å². The quantitative estimate of drug-likeness (QED) is 0.867. The lowest BCUT2D eigenvalue weighted by Gasteiger charge is -2.28. The molecule has 1 heterocycles.